The minimum absolute atomic E-state index is 0. The third kappa shape index (κ3) is 4.35. The number of fused-ring (bicyclic) bond motifs is 2. The molecule has 1 aromatic rings. The van der Waals surface area contributed by atoms with Gasteiger partial charge in [0.15, 0.2) is 0 Å². The molecule has 0 spiro atoms. The second kappa shape index (κ2) is 7.64. The number of hydrogen-bond acceptors (Lipinski definition) is 3. The second-order valence-electron chi connectivity index (χ2n) is 6.17. The highest BCUT2D eigenvalue weighted by atomic mass is 35.5. The molecule has 3 rings (SSSR count). The molecule has 1 amide bonds. The molecule has 2 aliphatic rings. The Labute approximate surface area is 143 Å². The van der Waals surface area contributed by atoms with Crippen LogP contribution in [0.15, 0.2) is 18.2 Å². The minimum Gasteiger partial charge on any atom is -0.325 e. The standard InChI is InChI=1S/C16H22ClN3O.ClH/c1-11-2-3-13(8-15(11)17)19-16(21)10-20-7-6-12-4-5-14(9-20)18-12;/h2-3,8,12,14,18H,4-7,9-10H2,1H3,(H,19,21);1H. The van der Waals surface area contributed by atoms with Crippen molar-refractivity contribution in [3.05, 3.63) is 28.8 Å². The summed E-state index contributed by atoms with van der Waals surface area (Å²) in [5.74, 6) is 0.0349. The molecule has 0 radical (unpaired) electrons. The van der Waals surface area contributed by atoms with Crippen molar-refractivity contribution in [3.8, 4) is 0 Å². The van der Waals surface area contributed by atoms with Gasteiger partial charge >= 0.3 is 0 Å². The van der Waals surface area contributed by atoms with E-state index in [2.05, 4.69) is 15.5 Å². The monoisotopic (exact) mass is 343 g/mol. The Morgan fingerprint density at radius 3 is 2.91 bits per heavy atom. The quantitative estimate of drug-likeness (QED) is 0.886. The van der Waals surface area contributed by atoms with Gasteiger partial charge in [-0.1, -0.05) is 17.7 Å². The van der Waals surface area contributed by atoms with Crippen molar-refractivity contribution in [2.45, 2.75) is 38.3 Å². The SMILES string of the molecule is Cc1ccc(NC(=O)CN2CCC3CCC(C2)N3)cc1Cl.Cl. The Hall–Kier alpha value is -0.810. The lowest BCUT2D eigenvalue weighted by atomic mass is 10.1. The highest BCUT2D eigenvalue weighted by Gasteiger charge is 2.29. The van der Waals surface area contributed by atoms with E-state index in [1.807, 2.05) is 19.1 Å². The van der Waals surface area contributed by atoms with Crippen LogP contribution in [-0.2, 0) is 4.79 Å². The number of aryl methyl sites for hydroxylation is 1. The van der Waals surface area contributed by atoms with Crippen LogP contribution in [0.2, 0.25) is 5.02 Å². The molecule has 2 atom stereocenters. The number of carbonyl (C=O) groups is 1. The average molecular weight is 344 g/mol. The first-order valence-corrected chi connectivity index (χ1v) is 8.02. The number of nitrogens with one attached hydrogen (secondary N) is 2. The van der Waals surface area contributed by atoms with Crippen molar-refractivity contribution in [1.29, 1.82) is 0 Å². The Morgan fingerprint density at radius 2 is 2.14 bits per heavy atom. The van der Waals surface area contributed by atoms with Gasteiger partial charge in [-0.05, 0) is 43.9 Å². The third-order valence-corrected chi connectivity index (χ3v) is 4.84. The summed E-state index contributed by atoms with van der Waals surface area (Å²) in [4.78, 5) is 14.4. The molecule has 22 heavy (non-hydrogen) atoms. The zero-order chi connectivity index (χ0) is 14.8. The van der Waals surface area contributed by atoms with Crippen LogP contribution in [-0.4, -0.2) is 42.5 Å². The number of hydrogen-bond donors (Lipinski definition) is 2. The van der Waals surface area contributed by atoms with Crippen molar-refractivity contribution < 1.29 is 4.79 Å². The molecule has 122 valence electrons. The average Bonchev–Trinajstić information content (AvgIpc) is 2.77. The van der Waals surface area contributed by atoms with Gasteiger partial charge in [-0.3, -0.25) is 9.69 Å². The predicted octanol–water partition coefficient (Wildman–Crippen LogP) is 2.84. The number of benzene rings is 1. The van der Waals surface area contributed by atoms with E-state index in [9.17, 15) is 4.79 Å². The lowest BCUT2D eigenvalue weighted by Gasteiger charge is -2.23. The van der Waals surface area contributed by atoms with E-state index in [0.29, 0.717) is 23.7 Å². The van der Waals surface area contributed by atoms with Crippen molar-refractivity contribution in [1.82, 2.24) is 10.2 Å². The third-order valence-electron chi connectivity index (χ3n) is 4.43. The van der Waals surface area contributed by atoms with Crippen LogP contribution in [0.1, 0.15) is 24.8 Å². The van der Waals surface area contributed by atoms with Crippen molar-refractivity contribution >= 4 is 35.6 Å². The van der Waals surface area contributed by atoms with E-state index in [4.69, 9.17) is 11.6 Å². The zero-order valence-electron chi connectivity index (χ0n) is 12.8. The van der Waals surface area contributed by atoms with E-state index < -0.39 is 0 Å². The van der Waals surface area contributed by atoms with Gasteiger partial charge in [-0.2, -0.15) is 0 Å². The number of halogens is 2. The highest BCUT2D eigenvalue weighted by Crippen LogP contribution is 2.21. The molecule has 1 aromatic carbocycles. The van der Waals surface area contributed by atoms with E-state index >= 15 is 0 Å². The summed E-state index contributed by atoms with van der Waals surface area (Å²) < 4.78 is 0. The molecule has 2 heterocycles. The van der Waals surface area contributed by atoms with Gasteiger partial charge in [0.05, 0.1) is 6.54 Å². The fraction of sp³-hybridized carbons (Fsp3) is 0.562. The minimum atomic E-state index is 0. The van der Waals surface area contributed by atoms with Crippen molar-refractivity contribution in [3.63, 3.8) is 0 Å². The zero-order valence-corrected chi connectivity index (χ0v) is 14.3. The summed E-state index contributed by atoms with van der Waals surface area (Å²) in [5.41, 5.74) is 1.79. The first kappa shape index (κ1) is 17.5. The van der Waals surface area contributed by atoms with E-state index in [0.717, 1.165) is 30.8 Å². The Morgan fingerprint density at radius 1 is 1.36 bits per heavy atom. The van der Waals surface area contributed by atoms with Gasteiger partial charge in [0, 0.05) is 35.9 Å². The van der Waals surface area contributed by atoms with Crippen molar-refractivity contribution in [2.24, 2.45) is 0 Å². The summed E-state index contributed by atoms with van der Waals surface area (Å²) in [6, 6.07) is 6.83. The maximum Gasteiger partial charge on any atom is 0.238 e. The lowest BCUT2D eigenvalue weighted by Crippen LogP contribution is -2.39. The molecule has 2 unspecified atom stereocenters. The number of nitrogens with zero attached hydrogens (tertiary/aromatic N) is 1. The topological polar surface area (TPSA) is 44.4 Å². The normalized spacial score (nSPS) is 24.5. The van der Waals surface area contributed by atoms with E-state index in [1.54, 1.807) is 6.07 Å². The number of anilines is 1. The highest BCUT2D eigenvalue weighted by molar-refractivity contribution is 6.31. The summed E-state index contributed by atoms with van der Waals surface area (Å²) >= 11 is 6.08. The van der Waals surface area contributed by atoms with Gasteiger partial charge in [-0.15, -0.1) is 12.4 Å². The molecule has 2 saturated heterocycles. The van der Waals surface area contributed by atoms with Crippen molar-refractivity contribution in [2.75, 3.05) is 25.0 Å². The molecule has 0 saturated carbocycles. The first-order valence-electron chi connectivity index (χ1n) is 7.64. The van der Waals surface area contributed by atoms with Gasteiger partial charge in [-0.25, -0.2) is 0 Å². The number of amides is 1. The first-order chi connectivity index (χ1) is 10.1. The van der Waals surface area contributed by atoms with Crippen LogP contribution in [0.25, 0.3) is 0 Å². The van der Waals surface area contributed by atoms with Crippen LogP contribution in [0, 0.1) is 6.92 Å². The molecule has 0 aliphatic carbocycles. The number of likely N-dealkylation sites (tertiary alicyclic amines) is 1. The maximum absolute atomic E-state index is 12.2. The largest absolute Gasteiger partial charge is 0.325 e. The van der Waals surface area contributed by atoms with Crippen LogP contribution < -0.4 is 10.6 Å². The fourth-order valence-corrected chi connectivity index (χ4v) is 3.41. The molecular formula is C16H23Cl2N3O. The Balaban J connectivity index is 0.00000176. The molecule has 2 bridgehead atoms. The van der Waals surface area contributed by atoms with Gasteiger partial charge in [0.25, 0.3) is 0 Å². The summed E-state index contributed by atoms with van der Waals surface area (Å²) in [6.45, 7) is 4.37. The Bertz CT molecular complexity index is 538. The van der Waals surface area contributed by atoms with Gasteiger partial charge in [0.2, 0.25) is 5.91 Å². The molecular weight excluding hydrogens is 321 g/mol. The van der Waals surface area contributed by atoms with Crippen LogP contribution >= 0.6 is 24.0 Å². The van der Waals surface area contributed by atoms with Crippen LogP contribution in [0.3, 0.4) is 0 Å². The maximum atomic E-state index is 12.2. The van der Waals surface area contributed by atoms with Crippen LogP contribution in [0.5, 0.6) is 0 Å². The second-order valence-corrected chi connectivity index (χ2v) is 6.58. The molecule has 2 fully saturated rings. The van der Waals surface area contributed by atoms with Crippen LogP contribution in [0.4, 0.5) is 5.69 Å². The molecule has 2 N–H and O–H groups in total. The summed E-state index contributed by atoms with van der Waals surface area (Å²) in [6.07, 6.45) is 3.66. The van der Waals surface area contributed by atoms with Gasteiger partial charge < -0.3 is 10.6 Å². The Kier molecular flexibility index (Phi) is 6.09. The number of rotatable bonds is 3. The van der Waals surface area contributed by atoms with Gasteiger partial charge in [0.1, 0.15) is 0 Å². The molecule has 2 aliphatic heterocycles. The smallest absolute Gasteiger partial charge is 0.238 e. The molecule has 0 aromatic heterocycles. The summed E-state index contributed by atoms with van der Waals surface area (Å²) in [7, 11) is 0. The number of carbonyl (C=O) groups excluding carboxylic acids is 1. The molecule has 6 heteroatoms. The van der Waals surface area contributed by atoms with E-state index in [1.165, 1.54) is 12.8 Å². The molecule has 4 nitrogen and oxygen atoms in total. The predicted molar refractivity (Wildman–Crippen MR) is 93.1 cm³/mol. The fourth-order valence-electron chi connectivity index (χ4n) is 3.23. The van der Waals surface area contributed by atoms with E-state index in [-0.39, 0.29) is 18.3 Å². The lowest BCUT2D eigenvalue weighted by molar-refractivity contribution is -0.117. The summed E-state index contributed by atoms with van der Waals surface area (Å²) in [5, 5.41) is 7.25.